The van der Waals surface area contributed by atoms with Crippen LogP contribution in [0.25, 0.3) is 10.8 Å². The van der Waals surface area contributed by atoms with E-state index in [0.29, 0.717) is 11.1 Å². The minimum absolute atomic E-state index is 0.0839. The number of benzene rings is 1. The standard InChI is InChI=1S/C11H9N3O/c1-14-10(9(13)6-12)7-4-2-3-5-8(7)11(14)15/h2-5,13,15H,1H3. The molecule has 2 N–H and O–H groups in total. The average molecular weight is 199 g/mol. The molecular formula is C11H9N3O. The Labute approximate surface area is 86.5 Å². The largest absolute Gasteiger partial charge is 0.494 e. The van der Waals surface area contributed by atoms with Gasteiger partial charge < -0.3 is 9.67 Å². The molecule has 0 unspecified atom stereocenters. The van der Waals surface area contributed by atoms with Crippen molar-refractivity contribution in [2.24, 2.45) is 7.05 Å². The zero-order valence-corrected chi connectivity index (χ0v) is 8.15. The molecule has 0 fully saturated rings. The molecule has 0 spiro atoms. The quantitative estimate of drug-likeness (QED) is 0.687. The molecule has 0 aliphatic heterocycles. The minimum Gasteiger partial charge on any atom is -0.494 e. The fraction of sp³-hybridized carbons (Fsp3) is 0.0909. The molecule has 1 aromatic heterocycles. The van der Waals surface area contributed by atoms with Gasteiger partial charge in [0.1, 0.15) is 6.07 Å². The molecular weight excluding hydrogens is 190 g/mol. The van der Waals surface area contributed by atoms with Crippen LogP contribution < -0.4 is 0 Å². The lowest BCUT2D eigenvalue weighted by atomic mass is 10.1. The van der Waals surface area contributed by atoms with Crippen molar-refractivity contribution in [2.45, 2.75) is 0 Å². The molecule has 1 aromatic carbocycles. The topological polar surface area (TPSA) is 72.8 Å². The van der Waals surface area contributed by atoms with Crippen LogP contribution >= 0.6 is 0 Å². The first-order chi connectivity index (χ1) is 7.16. The van der Waals surface area contributed by atoms with Gasteiger partial charge in [0.05, 0.1) is 5.69 Å². The molecule has 0 radical (unpaired) electrons. The van der Waals surface area contributed by atoms with E-state index in [1.54, 1.807) is 25.2 Å². The van der Waals surface area contributed by atoms with Crippen LogP contribution in [0, 0.1) is 16.7 Å². The Morgan fingerprint density at radius 2 is 2.00 bits per heavy atom. The van der Waals surface area contributed by atoms with Crippen molar-refractivity contribution in [3.05, 3.63) is 30.0 Å². The summed E-state index contributed by atoms with van der Waals surface area (Å²) in [5.74, 6) is 0.0839. The Bertz CT molecular complexity index is 590. The second-order valence-corrected chi connectivity index (χ2v) is 3.26. The van der Waals surface area contributed by atoms with Crippen molar-refractivity contribution in [1.82, 2.24) is 4.57 Å². The highest BCUT2D eigenvalue weighted by Gasteiger charge is 2.16. The van der Waals surface area contributed by atoms with Gasteiger partial charge in [-0.2, -0.15) is 5.26 Å². The molecule has 2 aromatic rings. The fourth-order valence-electron chi connectivity index (χ4n) is 1.71. The van der Waals surface area contributed by atoms with Gasteiger partial charge in [-0.05, 0) is 6.07 Å². The first-order valence-corrected chi connectivity index (χ1v) is 4.42. The van der Waals surface area contributed by atoms with Crippen LogP contribution in [0.15, 0.2) is 24.3 Å². The smallest absolute Gasteiger partial charge is 0.199 e. The van der Waals surface area contributed by atoms with Crippen LogP contribution in [0.4, 0.5) is 0 Å². The van der Waals surface area contributed by atoms with Crippen molar-refractivity contribution < 1.29 is 5.11 Å². The van der Waals surface area contributed by atoms with Crippen molar-refractivity contribution in [3.8, 4) is 11.9 Å². The number of nitriles is 1. The second-order valence-electron chi connectivity index (χ2n) is 3.26. The molecule has 0 atom stereocenters. The minimum atomic E-state index is -0.144. The second kappa shape index (κ2) is 3.14. The van der Waals surface area contributed by atoms with E-state index in [9.17, 15) is 5.11 Å². The van der Waals surface area contributed by atoms with Crippen molar-refractivity contribution >= 4 is 16.5 Å². The molecule has 74 valence electrons. The van der Waals surface area contributed by atoms with Gasteiger partial charge in [0, 0.05) is 17.8 Å². The number of hydrogen-bond donors (Lipinski definition) is 2. The maximum Gasteiger partial charge on any atom is 0.199 e. The van der Waals surface area contributed by atoms with E-state index >= 15 is 0 Å². The number of aromatic nitrogens is 1. The summed E-state index contributed by atoms with van der Waals surface area (Å²) in [6.07, 6.45) is 0. The van der Waals surface area contributed by atoms with Crippen LogP contribution in [0.5, 0.6) is 5.88 Å². The monoisotopic (exact) mass is 199 g/mol. The third-order valence-corrected chi connectivity index (χ3v) is 2.42. The highest BCUT2D eigenvalue weighted by Crippen LogP contribution is 2.30. The van der Waals surface area contributed by atoms with E-state index in [1.807, 2.05) is 12.1 Å². The molecule has 0 saturated heterocycles. The summed E-state index contributed by atoms with van der Waals surface area (Å²) in [7, 11) is 1.64. The van der Waals surface area contributed by atoms with Crippen LogP contribution in [0.2, 0.25) is 0 Å². The van der Waals surface area contributed by atoms with Gasteiger partial charge >= 0.3 is 0 Å². The van der Waals surface area contributed by atoms with E-state index in [2.05, 4.69) is 0 Å². The highest BCUT2D eigenvalue weighted by atomic mass is 16.3. The maximum atomic E-state index is 9.78. The molecule has 1 heterocycles. The first kappa shape index (κ1) is 9.28. The maximum absolute atomic E-state index is 9.78. The van der Waals surface area contributed by atoms with Crippen LogP contribution in [-0.4, -0.2) is 15.4 Å². The van der Waals surface area contributed by atoms with E-state index in [0.717, 1.165) is 5.39 Å². The summed E-state index contributed by atoms with van der Waals surface area (Å²) in [6.45, 7) is 0. The van der Waals surface area contributed by atoms with Crippen molar-refractivity contribution in [2.75, 3.05) is 0 Å². The lowest BCUT2D eigenvalue weighted by Gasteiger charge is -1.99. The molecule has 4 heteroatoms. The van der Waals surface area contributed by atoms with Gasteiger partial charge in [0.25, 0.3) is 0 Å². The molecule has 2 rings (SSSR count). The summed E-state index contributed by atoms with van der Waals surface area (Å²) in [5, 5.41) is 27.4. The number of hydrogen-bond acceptors (Lipinski definition) is 3. The van der Waals surface area contributed by atoms with Crippen molar-refractivity contribution in [3.63, 3.8) is 0 Å². The number of rotatable bonds is 1. The fourth-order valence-corrected chi connectivity index (χ4v) is 1.71. The lowest BCUT2D eigenvalue weighted by Crippen LogP contribution is -2.03. The third kappa shape index (κ3) is 1.17. The predicted octanol–water partition coefficient (Wildman–Crippen LogP) is 1.78. The van der Waals surface area contributed by atoms with Crippen LogP contribution in [-0.2, 0) is 7.05 Å². The SMILES string of the molecule is Cn1c(O)c2ccccc2c1C(=N)C#N. The van der Waals surface area contributed by atoms with Crippen LogP contribution in [0.3, 0.4) is 0 Å². The van der Waals surface area contributed by atoms with Gasteiger partial charge in [-0.3, -0.25) is 5.41 Å². The molecule has 0 aliphatic carbocycles. The summed E-state index contributed by atoms with van der Waals surface area (Å²) < 4.78 is 1.45. The Balaban J connectivity index is 2.91. The molecule has 0 amide bonds. The van der Waals surface area contributed by atoms with Gasteiger partial charge in [0.2, 0.25) is 0 Å². The molecule has 0 saturated carbocycles. The number of fused-ring (bicyclic) bond motifs is 1. The molecule has 15 heavy (non-hydrogen) atoms. The summed E-state index contributed by atoms with van der Waals surface area (Å²) in [4.78, 5) is 0. The molecule has 0 aliphatic rings. The third-order valence-electron chi connectivity index (χ3n) is 2.42. The Hall–Kier alpha value is -2.28. The Morgan fingerprint density at radius 1 is 1.40 bits per heavy atom. The lowest BCUT2D eigenvalue weighted by molar-refractivity contribution is 0.437. The van der Waals surface area contributed by atoms with Crippen molar-refractivity contribution in [1.29, 1.82) is 10.7 Å². The molecule has 4 nitrogen and oxygen atoms in total. The van der Waals surface area contributed by atoms with E-state index in [1.165, 1.54) is 4.57 Å². The zero-order valence-electron chi connectivity index (χ0n) is 8.15. The zero-order chi connectivity index (χ0) is 11.0. The van der Waals surface area contributed by atoms with E-state index < -0.39 is 0 Å². The van der Waals surface area contributed by atoms with Gasteiger partial charge in [-0.1, -0.05) is 18.2 Å². The van der Waals surface area contributed by atoms with E-state index in [-0.39, 0.29) is 11.6 Å². The Kier molecular flexibility index (Phi) is 1.94. The van der Waals surface area contributed by atoms with E-state index in [4.69, 9.17) is 10.7 Å². The summed E-state index contributed by atoms with van der Waals surface area (Å²) in [5.41, 5.74) is 0.305. The van der Waals surface area contributed by atoms with Gasteiger partial charge in [-0.25, -0.2) is 0 Å². The number of aromatic hydroxyl groups is 1. The Morgan fingerprint density at radius 3 is 2.60 bits per heavy atom. The highest BCUT2D eigenvalue weighted by molar-refractivity contribution is 6.17. The predicted molar refractivity (Wildman–Crippen MR) is 57.0 cm³/mol. The average Bonchev–Trinajstić information content (AvgIpc) is 2.52. The number of nitrogens with one attached hydrogen (secondary N) is 1. The van der Waals surface area contributed by atoms with Crippen LogP contribution in [0.1, 0.15) is 5.69 Å². The molecule has 0 bridgehead atoms. The summed E-state index contributed by atoms with van der Waals surface area (Å²) in [6, 6.07) is 8.95. The van der Waals surface area contributed by atoms with Gasteiger partial charge in [-0.15, -0.1) is 0 Å². The van der Waals surface area contributed by atoms with Gasteiger partial charge in [0.15, 0.2) is 11.6 Å². The first-order valence-electron chi connectivity index (χ1n) is 4.42. The summed E-state index contributed by atoms with van der Waals surface area (Å²) >= 11 is 0. The normalized spacial score (nSPS) is 10.1. The number of nitrogens with zero attached hydrogens (tertiary/aromatic N) is 2.